The summed E-state index contributed by atoms with van der Waals surface area (Å²) < 4.78 is 6.01. The molecule has 1 fully saturated rings. The first-order chi connectivity index (χ1) is 8.93. The average molecular weight is 282 g/mol. The van der Waals surface area contributed by atoms with E-state index >= 15 is 0 Å². The van der Waals surface area contributed by atoms with E-state index in [1.807, 2.05) is 11.3 Å². The first-order valence-corrected chi connectivity index (χ1v) is 8.02. The Hall–Kier alpha value is -0.420. The van der Waals surface area contributed by atoms with Gasteiger partial charge in [-0.15, -0.1) is 11.3 Å². The third kappa shape index (κ3) is 3.57. The van der Waals surface area contributed by atoms with Gasteiger partial charge in [0.05, 0.1) is 17.7 Å². The Labute approximate surface area is 120 Å². The minimum Gasteiger partial charge on any atom is -0.370 e. The SMILES string of the molecule is CCC(N)C(c1cccs1)N1CC(C)OC(C)(C)C1. The average Bonchev–Trinajstić information content (AvgIpc) is 2.79. The lowest BCUT2D eigenvalue weighted by atomic mass is 9.98. The lowest BCUT2D eigenvalue weighted by molar-refractivity contribution is -0.140. The Morgan fingerprint density at radius 1 is 1.58 bits per heavy atom. The Kier molecular flexibility index (Phi) is 4.66. The summed E-state index contributed by atoms with van der Waals surface area (Å²) in [5, 5.41) is 2.14. The van der Waals surface area contributed by atoms with Crippen LogP contribution >= 0.6 is 11.3 Å². The standard InChI is InChI=1S/C15H26N2OS/c1-5-12(16)14(13-7-6-8-19-13)17-9-11(2)18-15(3,4)10-17/h6-8,11-12,14H,5,9-10,16H2,1-4H3. The van der Waals surface area contributed by atoms with Gasteiger partial charge in [-0.05, 0) is 38.6 Å². The minimum atomic E-state index is -0.0966. The Bertz CT molecular complexity index is 391. The van der Waals surface area contributed by atoms with E-state index in [2.05, 4.69) is 50.1 Å². The fourth-order valence-corrected chi connectivity index (χ4v) is 3.99. The van der Waals surface area contributed by atoms with Crippen LogP contribution in [-0.2, 0) is 4.74 Å². The summed E-state index contributed by atoms with van der Waals surface area (Å²) in [6, 6.07) is 4.82. The topological polar surface area (TPSA) is 38.5 Å². The van der Waals surface area contributed by atoms with Gasteiger partial charge in [-0.25, -0.2) is 0 Å². The van der Waals surface area contributed by atoms with Crippen molar-refractivity contribution in [2.45, 2.75) is 57.9 Å². The van der Waals surface area contributed by atoms with E-state index in [0.29, 0.717) is 6.04 Å². The molecule has 0 amide bonds. The molecule has 108 valence electrons. The number of ether oxygens (including phenoxy) is 1. The highest BCUT2D eigenvalue weighted by Gasteiger charge is 2.37. The summed E-state index contributed by atoms with van der Waals surface area (Å²) in [6.45, 7) is 10.5. The van der Waals surface area contributed by atoms with E-state index in [-0.39, 0.29) is 17.7 Å². The number of thiophene rings is 1. The van der Waals surface area contributed by atoms with Crippen molar-refractivity contribution in [1.82, 2.24) is 4.90 Å². The van der Waals surface area contributed by atoms with Crippen LogP contribution in [-0.4, -0.2) is 35.7 Å². The predicted octanol–water partition coefficient (Wildman–Crippen LogP) is 3.03. The largest absolute Gasteiger partial charge is 0.370 e. The van der Waals surface area contributed by atoms with Crippen LogP contribution in [0.2, 0.25) is 0 Å². The van der Waals surface area contributed by atoms with Crippen LogP contribution in [0.3, 0.4) is 0 Å². The Morgan fingerprint density at radius 3 is 2.84 bits per heavy atom. The molecule has 1 saturated heterocycles. The van der Waals surface area contributed by atoms with Crippen LogP contribution in [0.1, 0.15) is 45.0 Å². The van der Waals surface area contributed by atoms with Crippen molar-refractivity contribution in [2.24, 2.45) is 5.73 Å². The smallest absolute Gasteiger partial charge is 0.0757 e. The summed E-state index contributed by atoms with van der Waals surface area (Å²) in [4.78, 5) is 3.88. The molecular formula is C15H26N2OS. The lowest BCUT2D eigenvalue weighted by Crippen LogP contribution is -2.55. The van der Waals surface area contributed by atoms with Gasteiger partial charge in [0.1, 0.15) is 0 Å². The van der Waals surface area contributed by atoms with Gasteiger partial charge in [-0.2, -0.15) is 0 Å². The van der Waals surface area contributed by atoms with Gasteiger partial charge in [0.2, 0.25) is 0 Å². The van der Waals surface area contributed by atoms with E-state index in [9.17, 15) is 0 Å². The zero-order chi connectivity index (χ0) is 14.0. The van der Waals surface area contributed by atoms with Crippen molar-refractivity contribution >= 4 is 11.3 Å². The van der Waals surface area contributed by atoms with E-state index < -0.39 is 0 Å². The van der Waals surface area contributed by atoms with Gasteiger partial charge in [-0.1, -0.05) is 13.0 Å². The number of nitrogens with zero attached hydrogens (tertiary/aromatic N) is 1. The molecule has 2 N–H and O–H groups in total. The number of hydrogen-bond acceptors (Lipinski definition) is 4. The molecule has 3 unspecified atom stereocenters. The van der Waals surface area contributed by atoms with Crippen molar-refractivity contribution in [3.05, 3.63) is 22.4 Å². The molecule has 3 nitrogen and oxygen atoms in total. The minimum absolute atomic E-state index is 0.0966. The maximum Gasteiger partial charge on any atom is 0.0757 e. The second kappa shape index (κ2) is 5.92. The number of nitrogens with two attached hydrogens (primary N) is 1. The van der Waals surface area contributed by atoms with Gasteiger partial charge < -0.3 is 10.5 Å². The molecule has 4 heteroatoms. The van der Waals surface area contributed by atoms with Gasteiger partial charge in [0.25, 0.3) is 0 Å². The van der Waals surface area contributed by atoms with Crippen LogP contribution in [0.4, 0.5) is 0 Å². The van der Waals surface area contributed by atoms with Crippen LogP contribution in [0.25, 0.3) is 0 Å². The highest BCUT2D eigenvalue weighted by atomic mass is 32.1. The maximum absolute atomic E-state index is 6.40. The van der Waals surface area contributed by atoms with E-state index in [1.165, 1.54) is 4.88 Å². The van der Waals surface area contributed by atoms with Gasteiger partial charge in [-0.3, -0.25) is 4.90 Å². The van der Waals surface area contributed by atoms with E-state index in [0.717, 1.165) is 19.5 Å². The third-order valence-electron chi connectivity index (χ3n) is 3.70. The lowest BCUT2D eigenvalue weighted by Gasteiger charge is -2.46. The van der Waals surface area contributed by atoms with Gasteiger partial charge in [0.15, 0.2) is 0 Å². The molecule has 1 aliphatic heterocycles. The zero-order valence-electron chi connectivity index (χ0n) is 12.4. The van der Waals surface area contributed by atoms with Crippen LogP contribution in [0.5, 0.6) is 0 Å². The summed E-state index contributed by atoms with van der Waals surface area (Å²) >= 11 is 1.81. The summed E-state index contributed by atoms with van der Waals surface area (Å²) in [7, 11) is 0. The van der Waals surface area contributed by atoms with Crippen molar-refractivity contribution in [3.63, 3.8) is 0 Å². The molecule has 19 heavy (non-hydrogen) atoms. The second-order valence-electron chi connectivity index (χ2n) is 6.15. The summed E-state index contributed by atoms with van der Waals surface area (Å²) in [5.41, 5.74) is 6.30. The molecule has 2 heterocycles. The van der Waals surface area contributed by atoms with Crippen molar-refractivity contribution in [3.8, 4) is 0 Å². The Morgan fingerprint density at radius 2 is 2.32 bits per heavy atom. The van der Waals surface area contributed by atoms with Gasteiger partial charge in [0, 0.05) is 24.0 Å². The molecule has 0 aromatic carbocycles. The number of rotatable bonds is 4. The van der Waals surface area contributed by atoms with Crippen LogP contribution in [0.15, 0.2) is 17.5 Å². The van der Waals surface area contributed by atoms with Crippen molar-refractivity contribution < 1.29 is 4.74 Å². The normalized spacial score (nSPS) is 27.1. The first kappa shape index (κ1) is 15.0. The number of hydrogen-bond donors (Lipinski definition) is 1. The monoisotopic (exact) mass is 282 g/mol. The molecule has 2 rings (SSSR count). The highest BCUT2D eigenvalue weighted by molar-refractivity contribution is 7.10. The predicted molar refractivity (Wildman–Crippen MR) is 81.5 cm³/mol. The fraction of sp³-hybridized carbons (Fsp3) is 0.733. The zero-order valence-corrected chi connectivity index (χ0v) is 13.2. The molecule has 1 aromatic heterocycles. The molecule has 0 bridgehead atoms. The van der Waals surface area contributed by atoms with Crippen molar-refractivity contribution in [2.75, 3.05) is 13.1 Å². The molecular weight excluding hydrogens is 256 g/mol. The summed E-state index contributed by atoms with van der Waals surface area (Å²) in [5.74, 6) is 0. The number of morpholine rings is 1. The highest BCUT2D eigenvalue weighted by Crippen LogP contribution is 2.33. The maximum atomic E-state index is 6.40. The van der Waals surface area contributed by atoms with Crippen molar-refractivity contribution in [1.29, 1.82) is 0 Å². The molecule has 0 spiro atoms. The molecule has 1 aromatic rings. The van der Waals surface area contributed by atoms with Gasteiger partial charge >= 0.3 is 0 Å². The molecule has 3 atom stereocenters. The molecule has 0 aliphatic carbocycles. The second-order valence-corrected chi connectivity index (χ2v) is 7.13. The Balaban J connectivity index is 2.23. The van der Waals surface area contributed by atoms with Crippen LogP contribution < -0.4 is 5.73 Å². The molecule has 0 saturated carbocycles. The fourth-order valence-electron chi connectivity index (χ4n) is 3.06. The third-order valence-corrected chi connectivity index (χ3v) is 4.64. The van der Waals surface area contributed by atoms with E-state index in [4.69, 9.17) is 10.5 Å². The summed E-state index contributed by atoms with van der Waals surface area (Å²) in [6.07, 6.45) is 1.25. The van der Waals surface area contributed by atoms with E-state index in [1.54, 1.807) is 0 Å². The first-order valence-electron chi connectivity index (χ1n) is 7.14. The van der Waals surface area contributed by atoms with Crippen LogP contribution in [0, 0.1) is 0 Å². The molecule has 0 radical (unpaired) electrons. The molecule has 1 aliphatic rings. The quantitative estimate of drug-likeness (QED) is 0.922.